The number of benzene rings is 2. The van der Waals surface area contributed by atoms with Gasteiger partial charge in [0.25, 0.3) is 15.7 Å². The van der Waals surface area contributed by atoms with Crippen molar-refractivity contribution in [2.24, 2.45) is 0 Å². The van der Waals surface area contributed by atoms with Gasteiger partial charge in [0.1, 0.15) is 16.4 Å². The van der Waals surface area contributed by atoms with Crippen molar-refractivity contribution in [2.75, 3.05) is 18.9 Å². The van der Waals surface area contributed by atoms with Gasteiger partial charge in [-0.3, -0.25) is 14.8 Å². The molecule has 24 heavy (non-hydrogen) atoms. The Labute approximate surface area is 143 Å². The Morgan fingerprint density at radius 2 is 1.83 bits per heavy atom. The van der Waals surface area contributed by atoms with Crippen molar-refractivity contribution in [1.29, 1.82) is 0 Å². The lowest BCUT2D eigenvalue weighted by atomic mass is 10.3. The molecule has 0 saturated carbocycles. The summed E-state index contributed by atoms with van der Waals surface area (Å²) in [4.78, 5) is 9.99. The van der Waals surface area contributed by atoms with Gasteiger partial charge in [-0.2, -0.15) is 0 Å². The number of ether oxygens (including phenoxy) is 2. The summed E-state index contributed by atoms with van der Waals surface area (Å²) < 4.78 is 37.5. The van der Waals surface area contributed by atoms with Crippen LogP contribution >= 0.6 is 11.6 Å². The van der Waals surface area contributed by atoms with Gasteiger partial charge in [0.05, 0.1) is 29.9 Å². The quantitative estimate of drug-likeness (QED) is 0.616. The lowest BCUT2D eigenvalue weighted by Crippen LogP contribution is -2.14. The SMILES string of the molecule is COc1ccc(OC)c(S(=O)(=O)Nc2cc([N+](=O)[O-])ccc2Cl)c1. The monoisotopic (exact) mass is 372 g/mol. The second-order valence-electron chi connectivity index (χ2n) is 4.54. The Morgan fingerprint density at radius 3 is 2.42 bits per heavy atom. The number of halogens is 1. The molecule has 0 aliphatic carbocycles. The molecule has 1 N–H and O–H groups in total. The Bertz CT molecular complexity index is 885. The number of nitro benzene ring substituents is 1. The Morgan fingerprint density at radius 1 is 1.12 bits per heavy atom. The van der Waals surface area contributed by atoms with E-state index in [4.69, 9.17) is 21.1 Å². The molecule has 2 aromatic carbocycles. The first-order valence-corrected chi connectivity index (χ1v) is 8.33. The smallest absolute Gasteiger partial charge is 0.271 e. The van der Waals surface area contributed by atoms with Crippen LogP contribution in [0.25, 0.3) is 0 Å². The van der Waals surface area contributed by atoms with Crippen LogP contribution < -0.4 is 14.2 Å². The van der Waals surface area contributed by atoms with Gasteiger partial charge in [-0.05, 0) is 18.2 Å². The molecule has 8 nitrogen and oxygen atoms in total. The second-order valence-corrected chi connectivity index (χ2v) is 6.60. The van der Waals surface area contributed by atoms with Crippen molar-refractivity contribution in [2.45, 2.75) is 4.90 Å². The topological polar surface area (TPSA) is 108 Å². The van der Waals surface area contributed by atoms with Crippen LogP contribution in [0.4, 0.5) is 11.4 Å². The number of nitro groups is 1. The molecule has 10 heteroatoms. The van der Waals surface area contributed by atoms with Crippen LogP contribution in [0.3, 0.4) is 0 Å². The fourth-order valence-corrected chi connectivity index (χ4v) is 3.38. The molecule has 0 aromatic heterocycles. The number of anilines is 1. The summed E-state index contributed by atoms with van der Waals surface area (Å²) in [6.45, 7) is 0. The van der Waals surface area contributed by atoms with Gasteiger partial charge in [-0.15, -0.1) is 0 Å². The van der Waals surface area contributed by atoms with Crippen LogP contribution in [0.1, 0.15) is 0 Å². The Kier molecular flexibility index (Phi) is 5.15. The third kappa shape index (κ3) is 3.69. The summed E-state index contributed by atoms with van der Waals surface area (Å²) in [7, 11) is -1.40. The van der Waals surface area contributed by atoms with Crippen LogP contribution in [0.5, 0.6) is 11.5 Å². The zero-order chi connectivity index (χ0) is 17.9. The summed E-state index contributed by atoms with van der Waals surface area (Å²) in [5.74, 6) is 0.395. The average Bonchev–Trinajstić information content (AvgIpc) is 2.55. The van der Waals surface area contributed by atoms with E-state index >= 15 is 0 Å². The second kappa shape index (κ2) is 6.93. The summed E-state index contributed by atoms with van der Waals surface area (Å²) in [6.07, 6.45) is 0. The number of sulfonamides is 1. The maximum absolute atomic E-state index is 12.6. The minimum atomic E-state index is -4.12. The summed E-state index contributed by atoms with van der Waals surface area (Å²) in [5, 5.41) is 10.9. The van der Waals surface area contributed by atoms with Gasteiger partial charge in [-0.25, -0.2) is 8.42 Å². The molecule has 0 bridgehead atoms. The van der Waals surface area contributed by atoms with Crippen LogP contribution in [0, 0.1) is 10.1 Å². The van der Waals surface area contributed by atoms with Gasteiger partial charge < -0.3 is 9.47 Å². The van der Waals surface area contributed by atoms with E-state index in [-0.39, 0.29) is 27.0 Å². The predicted octanol–water partition coefficient (Wildman–Crippen LogP) is 3.07. The van der Waals surface area contributed by atoms with E-state index < -0.39 is 14.9 Å². The van der Waals surface area contributed by atoms with E-state index in [1.165, 1.54) is 44.6 Å². The van der Waals surface area contributed by atoms with Crippen molar-refractivity contribution in [3.8, 4) is 11.5 Å². The zero-order valence-corrected chi connectivity index (χ0v) is 14.2. The number of methoxy groups -OCH3 is 2. The lowest BCUT2D eigenvalue weighted by Gasteiger charge is -2.13. The average molecular weight is 373 g/mol. The van der Waals surface area contributed by atoms with Crippen molar-refractivity contribution >= 4 is 33.0 Å². The van der Waals surface area contributed by atoms with Crippen LogP contribution in [-0.2, 0) is 10.0 Å². The first-order chi connectivity index (χ1) is 11.3. The van der Waals surface area contributed by atoms with Crippen molar-refractivity contribution < 1.29 is 22.8 Å². The number of hydrogen-bond donors (Lipinski definition) is 1. The Hall–Kier alpha value is -2.52. The first kappa shape index (κ1) is 17.8. The molecular formula is C14H13ClN2O6S. The van der Waals surface area contributed by atoms with Crippen molar-refractivity contribution in [1.82, 2.24) is 0 Å². The normalized spacial score (nSPS) is 11.0. The molecule has 0 unspecified atom stereocenters. The maximum atomic E-state index is 12.6. The molecule has 0 atom stereocenters. The van der Waals surface area contributed by atoms with E-state index in [1.807, 2.05) is 0 Å². The standard InChI is InChI=1S/C14H13ClN2O6S/c1-22-10-4-6-13(23-2)14(8-10)24(20,21)16-12-7-9(17(18)19)3-5-11(12)15/h3-8,16H,1-2H3. The van der Waals surface area contributed by atoms with E-state index in [2.05, 4.69) is 4.72 Å². The maximum Gasteiger partial charge on any atom is 0.271 e. The summed E-state index contributed by atoms with van der Waals surface area (Å²) in [5.41, 5.74) is -0.412. The van der Waals surface area contributed by atoms with Gasteiger partial charge in [0.15, 0.2) is 0 Å². The van der Waals surface area contributed by atoms with E-state index in [1.54, 1.807) is 0 Å². The highest BCUT2D eigenvalue weighted by molar-refractivity contribution is 7.92. The number of hydrogen-bond acceptors (Lipinski definition) is 6. The van der Waals surface area contributed by atoms with E-state index in [9.17, 15) is 18.5 Å². The van der Waals surface area contributed by atoms with Gasteiger partial charge in [0, 0.05) is 18.2 Å². The molecule has 0 fully saturated rings. The van der Waals surface area contributed by atoms with Crippen molar-refractivity contribution in [3.05, 3.63) is 51.5 Å². The molecule has 0 aliphatic rings. The third-order valence-corrected chi connectivity index (χ3v) is 4.78. The van der Waals surface area contributed by atoms with Gasteiger partial charge in [0.2, 0.25) is 0 Å². The van der Waals surface area contributed by atoms with Crippen LogP contribution in [0.15, 0.2) is 41.3 Å². The first-order valence-electron chi connectivity index (χ1n) is 6.47. The van der Waals surface area contributed by atoms with E-state index in [0.29, 0.717) is 5.75 Å². The fourth-order valence-electron chi connectivity index (χ4n) is 1.90. The van der Waals surface area contributed by atoms with Gasteiger partial charge in [-0.1, -0.05) is 11.6 Å². The molecule has 128 valence electrons. The molecule has 0 spiro atoms. The fraction of sp³-hybridized carbons (Fsp3) is 0.143. The number of nitrogens with one attached hydrogen (secondary N) is 1. The van der Waals surface area contributed by atoms with Crippen LogP contribution in [-0.4, -0.2) is 27.6 Å². The number of nitrogens with zero attached hydrogens (tertiary/aromatic N) is 1. The molecule has 0 amide bonds. The molecule has 0 saturated heterocycles. The molecule has 0 radical (unpaired) electrons. The molecule has 0 aliphatic heterocycles. The molecule has 0 heterocycles. The molecule has 2 aromatic rings. The zero-order valence-electron chi connectivity index (χ0n) is 12.6. The highest BCUT2D eigenvalue weighted by atomic mass is 35.5. The largest absolute Gasteiger partial charge is 0.497 e. The highest BCUT2D eigenvalue weighted by Crippen LogP contribution is 2.33. The summed E-state index contributed by atoms with van der Waals surface area (Å²) in [6, 6.07) is 7.69. The molecule has 2 rings (SSSR count). The third-order valence-electron chi connectivity index (χ3n) is 3.07. The minimum Gasteiger partial charge on any atom is -0.497 e. The summed E-state index contributed by atoms with van der Waals surface area (Å²) >= 11 is 5.92. The van der Waals surface area contributed by atoms with Crippen molar-refractivity contribution in [3.63, 3.8) is 0 Å². The lowest BCUT2D eigenvalue weighted by molar-refractivity contribution is -0.384. The van der Waals surface area contributed by atoms with Gasteiger partial charge >= 0.3 is 0 Å². The number of non-ortho nitro benzene ring substituents is 1. The molecular weight excluding hydrogens is 360 g/mol. The predicted molar refractivity (Wildman–Crippen MR) is 88.5 cm³/mol. The van der Waals surface area contributed by atoms with E-state index in [0.717, 1.165) is 6.07 Å². The minimum absolute atomic E-state index is 0.0195. The highest BCUT2D eigenvalue weighted by Gasteiger charge is 2.23. The van der Waals surface area contributed by atoms with Crippen LogP contribution in [0.2, 0.25) is 5.02 Å². The Balaban J connectivity index is 2.49. The number of rotatable bonds is 6.